The molecule has 0 aliphatic heterocycles. The summed E-state index contributed by atoms with van der Waals surface area (Å²) >= 11 is 5.41. The number of aromatic nitrogens is 3. The summed E-state index contributed by atoms with van der Waals surface area (Å²) in [4.78, 5) is 17.0. The average molecular weight is 406 g/mol. The van der Waals surface area contributed by atoms with Gasteiger partial charge < -0.3 is 15.6 Å². The first-order valence-electron chi connectivity index (χ1n) is 7.80. The molecular formula is C17H20BrN5S. The summed E-state index contributed by atoms with van der Waals surface area (Å²) in [6, 6.07) is 3.90. The standard InChI is InChI=1S/C17H20BrN5S/c1-3-13-15(18)11(2)14(24-13)10-23(9-5-7-19)17-21-12-6-4-8-20-16(12)22-17/h3-4,6,8H,1,5,7,9-10,19H2,2H3,(H,20,21,22). The first kappa shape index (κ1) is 17.1. The van der Waals surface area contributed by atoms with Crippen LogP contribution in [-0.4, -0.2) is 28.0 Å². The molecule has 7 heteroatoms. The zero-order valence-corrected chi connectivity index (χ0v) is 16.0. The number of thiophene rings is 1. The molecule has 0 unspecified atom stereocenters. The zero-order valence-electron chi connectivity index (χ0n) is 13.6. The molecule has 5 nitrogen and oxygen atoms in total. The first-order valence-corrected chi connectivity index (χ1v) is 9.41. The Bertz CT molecular complexity index is 821. The molecule has 0 aliphatic rings. The minimum atomic E-state index is 0.653. The quantitative estimate of drug-likeness (QED) is 0.620. The van der Waals surface area contributed by atoms with E-state index in [1.165, 1.54) is 10.4 Å². The van der Waals surface area contributed by atoms with Crippen molar-refractivity contribution >= 4 is 50.5 Å². The second-order valence-corrected chi connectivity index (χ2v) is 7.46. The Morgan fingerprint density at radius 3 is 3.00 bits per heavy atom. The second-order valence-electron chi connectivity index (χ2n) is 5.53. The fourth-order valence-electron chi connectivity index (χ4n) is 2.54. The summed E-state index contributed by atoms with van der Waals surface area (Å²) < 4.78 is 1.13. The van der Waals surface area contributed by atoms with E-state index in [4.69, 9.17) is 5.73 Å². The van der Waals surface area contributed by atoms with Crippen molar-refractivity contribution in [3.63, 3.8) is 0 Å². The van der Waals surface area contributed by atoms with Gasteiger partial charge in [0.15, 0.2) is 5.65 Å². The largest absolute Gasteiger partial charge is 0.337 e. The predicted octanol–water partition coefficient (Wildman–Crippen LogP) is 4.09. The van der Waals surface area contributed by atoms with Crippen LogP contribution in [0.3, 0.4) is 0 Å². The lowest BCUT2D eigenvalue weighted by molar-refractivity contribution is 0.723. The topological polar surface area (TPSA) is 70.8 Å². The predicted molar refractivity (Wildman–Crippen MR) is 105 cm³/mol. The number of nitrogens with zero attached hydrogens (tertiary/aromatic N) is 3. The van der Waals surface area contributed by atoms with Gasteiger partial charge in [-0.15, -0.1) is 11.3 Å². The van der Waals surface area contributed by atoms with Crippen LogP contribution in [0.4, 0.5) is 5.95 Å². The molecule has 0 saturated carbocycles. The highest BCUT2D eigenvalue weighted by Crippen LogP contribution is 2.34. The molecule has 3 heterocycles. The number of H-pyrrole nitrogens is 1. The summed E-state index contributed by atoms with van der Waals surface area (Å²) in [6.07, 6.45) is 4.55. The first-order chi connectivity index (χ1) is 11.6. The van der Waals surface area contributed by atoms with Gasteiger partial charge >= 0.3 is 0 Å². The van der Waals surface area contributed by atoms with Crippen LogP contribution in [0.5, 0.6) is 0 Å². The van der Waals surface area contributed by atoms with Crippen molar-refractivity contribution in [2.45, 2.75) is 19.9 Å². The smallest absolute Gasteiger partial charge is 0.205 e. The van der Waals surface area contributed by atoms with Crippen LogP contribution >= 0.6 is 27.3 Å². The summed E-state index contributed by atoms with van der Waals surface area (Å²) in [5.41, 5.74) is 8.65. The van der Waals surface area contributed by atoms with Crippen molar-refractivity contribution in [3.05, 3.63) is 44.7 Å². The number of hydrogen-bond acceptors (Lipinski definition) is 5. The Morgan fingerprint density at radius 1 is 1.50 bits per heavy atom. The average Bonchev–Trinajstić information content (AvgIpc) is 3.14. The molecule has 24 heavy (non-hydrogen) atoms. The number of aromatic amines is 1. The molecule has 0 atom stereocenters. The van der Waals surface area contributed by atoms with Gasteiger partial charge in [0, 0.05) is 27.0 Å². The normalized spacial score (nSPS) is 11.1. The summed E-state index contributed by atoms with van der Waals surface area (Å²) in [5.74, 6) is 0.834. The van der Waals surface area contributed by atoms with Crippen LogP contribution in [0.25, 0.3) is 17.2 Å². The van der Waals surface area contributed by atoms with Gasteiger partial charge in [0.05, 0.1) is 12.1 Å². The summed E-state index contributed by atoms with van der Waals surface area (Å²) in [6.45, 7) is 8.29. The summed E-state index contributed by atoms with van der Waals surface area (Å²) in [5, 5.41) is 0. The minimum Gasteiger partial charge on any atom is -0.337 e. The molecule has 0 aromatic carbocycles. The lowest BCUT2D eigenvalue weighted by atomic mass is 10.2. The van der Waals surface area contributed by atoms with E-state index < -0.39 is 0 Å². The van der Waals surface area contributed by atoms with E-state index in [-0.39, 0.29) is 0 Å². The SMILES string of the molecule is C=Cc1sc(CN(CCCN)c2nc3ncccc3[nH]2)c(C)c1Br. The van der Waals surface area contributed by atoms with Crippen LogP contribution in [0.1, 0.15) is 21.7 Å². The van der Waals surface area contributed by atoms with Crippen LogP contribution in [0, 0.1) is 6.92 Å². The molecule has 3 aromatic rings. The van der Waals surface area contributed by atoms with Gasteiger partial charge in [0.2, 0.25) is 5.95 Å². The van der Waals surface area contributed by atoms with Crippen LogP contribution in [0.2, 0.25) is 0 Å². The Kier molecular flexibility index (Phi) is 5.33. The van der Waals surface area contributed by atoms with E-state index >= 15 is 0 Å². The number of halogens is 1. The van der Waals surface area contributed by atoms with Gasteiger partial charge in [-0.05, 0) is 53.5 Å². The number of nitrogens with two attached hydrogens (primary N) is 1. The third kappa shape index (κ3) is 3.38. The lowest BCUT2D eigenvalue weighted by Gasteiger charge is -2.21. The van der Waals surface area contributed by atoms with Gasteiger partial charge in [0.25, 0.3) is 0 Å². The van der Waals surface area contributed by atoms with Gasteiger partial charge in [-0.2, -0.15) is 4.98 Å². The van der Waals surface area contributed by atoms with Gasteiger partial charge in [-0.25, -0.2) is 4.98 Å². The van der Waals surface area contributed by atoms with Crippen LogP contribution < -0.4 is 10.6 Å². The van der Waals surface area contributed by atoms with E-state index in [1.54, 1.807) is 17.5 Å². The zero-order chi connectivity index (χ0) is 17.1. The molecule has 0 bridgehead atoms. The van der Waals surface area contributed by atoms with Crippen LogP contribution in [0.15, 0.2) is 29.4 Å². The molecule has 3 aromatic heterocycles. The Hall–Kier alpha value is -1.70. The molecule has 0 fully saturated rings. The van der Waals surface area contributed by atoms with E-state index in [0.717, 1.165) is 46.0 Å². The number of imidazole rings is 1. The molecule has 0 amide bonds. The lowest BCUT2D eigenvalue weighted by Crippen LogP contribution is -2.26. The number of hydrogen-bond donors (Lipinski definition) is 2. The van der Waals surface area contributed by atoms with E-state index in [9.17, 15) is 0 Å². The Balaban J connectivity index is 1.93. The van der Waals surface area contributed by atoms with Crippen molar-refractivity contribution in [1.82, 2.24) is 15.0 Å². The fourth-order valence-corrected chi connectivity index (χ4v) is 4.38. The maximum Gasteiger partial charge on any atom is 0.205 e. The van der Waals surface area contributed by atoms with Gasteiger partial charge in [-0.1, -0.05) is 12.7 Å². The molecule has 126 valence electrons. The second kappa shape index (κ2) is 7.46. The van der Waals surface area contributed by atoms with Crippen molar-refractivity contribution in [1.29, 1.82) is 0 Å². The third-order valence-electron chi connectivity index (χ3n) is 3.89. The van der Waals surface area contributed by atoms with Crippen molar-refractivity contribution < 1.29 is 0 Å². The van der Waals surface area contributed by atoms with E-state index in [2.05, 4.69) is 49.3 Å². The maximum absolute atomic E-state index is 5.72. The van der Waals surface area contributed by atoms with Crippen LogP contribution in [-0.2, 0) is 6.54 Å². The fraction of sp³-hybridized carbons (Fsp3) is 0.294. The monoisotopic (exact) mass is 405 g/mol. The Labute approximate surface area is 153 Å². The molecular weight excluding hydrogens is 386 g/mol. The van der Waals surface area contributed by atoms with Gasteiger partial charge in [0.1, 0.15) is 0 Å². The van der Waals surface area contributed by atoms with Crippen molar-refractivity contribution in [2.75, 3.05) is 18.0 Å². The third-order valence-corrected chi connectivity index (χ3v) is 6.45. The molecule has 0 radical (unpaired) electrons. The van der Waals surface area contributed by atoms with Crippen molar-refractivity contribution in [2.24, 2.45) is 5.73 Å². The summed E-state index contributed by atoms with van der Waals surface area (Å²) in [7, 11) is 0. The van der Waals surface area contributed by atoms with Crippen molar-refractivity contribution in [3.8, 4) is 0 Å². The molecule has 0 saturated heterocycles. The number of fused-ring (bicyclic) bond motifs is 1. The molecule has 0 spiro atoms. The molecule has 0 aliphatic carbocycles. The van der Waals surface area contributed by atoms with E-state index in [0.29, 0.717) is 6.54 Å². The number of pyridine rings is 1. The van der Waals surface area contributed by atoms with E-state index in [1.807, 2.05) is 18.2 Å². The highest BCUT2D eigenvalue weighted by Gasteiger charge is 2.17. The van der Waals surface area contributed by atoms with Gasteiger partial charge in [-0.3, -0.25) is 0 Å². The minimum absolute atomic E-state index is 0.653. The maximum atomic E-state index is 5.72. The highest BCUT2D eigenvalue weighted by molar-refractivity contribution is 9.10. The highest BCUT2D eigenvalue weighted by atomic mass is 79.9. The Morgan fingerprint density at radius 2 is 2.33 bits per heavy atom. The molecule has 3 N–H and O–H groups in total. The number of rotatable bonds is 7. The number of anilines is 1. The molecule has 3 rings (SSSR count). The number of nitrogens with one attached hydrogen (secondary N) is 1.